The summed E-state index contributed by atoms with van der Waals surface area (Å²) in [7, 11) is 0. The summed E-state index contributed by atoms with van der Waals surface area (Å²) >= 11 is 2.63. The fourth-order valence-corrected chi connectivity index (χ4v) is 5.41. The Bertz CT molecular complexity index is 1370. The summed E-state index contributed by atoms with van der Waals surface area (Å²) < 4.78 is 19.5. The number of furan rings is 1. The predicted molar refractivity (Wildman–Crippen MR) is 126 cm³/mol. The van der Waals surface area contributed by atoms with Crippen molar-refractivity contribution in [3.63, 3.8) is 0 Å². The van der Waals surface area contributed by atoms with E-state index in [2.05, 4.69) is 10.2 Å². The van der Waals surface area contributed by atoms with Gasteiger partial charge in [-0.2, -0.15) is 0 Å². The molecule has 170 valence electrons. The van der Waals surface area contributed by atoms with Crippen LogP contribution in [0.3, 0.4) is 0 Å². The fourth-order valence-electron chi connectivity index (χ4n) is 3.59. The molecule has 0 saturated carbocycles. The minimum Gasteiger partial charge on any atom is -0.507 e. The van der Waals surface area contributed by atoms with Gasteiger partial charge in [-0.05, 0) is 42.0 Å². The van der Waals surface area contributed by atoms with Gasteiger partial charge in [-0.1, -0.05) is 53.4 Å². The first-order valence-corrected chi connectivity index (χ1v) is 11.9. The summed E-state index contributed by atoms with van der Waals surface area (Å²) in [6, 6.07) is 17.0. The van der Waals surface area contributed by atoms with Gasteiger partial charge in [0.15, 0.2) is 4.34 Å². The van der Waals surface area contributed by atoms with Gasteiger partial charge in [0.05, 0.1) is 11.8 Å². The van der Waals surface area contributed by atoms with Crippen molar-refractivity contribution in [2.45, 2.75) is 16.1 Å². The van der Waals surface area contributed by atoms with Crippen molar-refractivity contribution in [2.75, 3.05) is 4.90 Å². The number of thioether (sulfide) groups is 1. The van der Waals surface area contributed by atoms with E-state index in [1.54, 1.807) is 12.1 Å². The molecule has 1 saturated heterocycles. The Morgan fingerprint density at radius 2 is 1.82 bits per heavy atom. The topological polar surface area (TPSA) is 96.5 Å². The zero-order valence-corrected chi connectivity index (χ0v) is 19.1. The molecule has 1 aliphatic heterocycles. The number of amides is 1. The van der Waals surface area contributed by atoms with E-state index in [0.29, 0.717) is 10.1 Å². The molecule has 5 rings (SSSR count). The summed E-state index contributed by atoms with van der Waals surface area (Å²) in [5.74, 6) is -1.73. The van der Waals surface area contributed by atoms with Gasteiger partial charge in [-0.25, -0.2) is 4.39 Å². The largest absolute Gasteiger partial charge is 0.507 e. The van der Waals surface area contributed by atoms with Crippen molar-refractivity contribution in [1.29, 1.82) is 0 Å². The molecule has 0 spiro atoms. The Balaban J connectivity index is 1.51. The fraction of sp³-hybridized carbons (Fsp3) is 0.0833. The van der Waals surface area contributed by atoms with Gasteiger partial charge >= 0.3 is 5.91 Å². The van der Waals surface area contributed by atoms with Crippen LogP contribution < -0.4 is 4.90 Å². The number of halogens is 1. The first-order valence-electron chi connectivity index (χ1n) is 10.1. The molecule has 0 aliphatic carbocycles. The molecular weight excluding hydrogens is 477 g/mol. The van der Waals surface area contributed by atoms with Crippen LogP contribution in [0.25, 0.3) is 5.76 Å². The number of rotatable bonds is 6. The number of anilines is 1. The molecule has 1 unspecified atom stereocenters. The molecule has 0 bridgehead atoms. The molecule has 2 aromatic carbocycles. The van der Waals surface area contributed by atoms with Gasteiger partial charge in [0, 0.05) is 11.3 Å². The monoisotopic (exact) mass is 493 g/mol. The highest BCUT2D eigenvalue weighted by atomic mass is 32.2. The first kappa shape index (κ1) is 22.1. The lowest BCUT2D eigenvalue weighted by Crippen LogP contribution is -2.29. The van der Waals surface area contributed by atoms with Crippen LogP contribution in [0.15, 0.2) is 87.3 Å². The van der Waals surface area contributed by atoms with Crippen LogP contribution in [0.5, 0.6) is 0 Å². The van der Waals surface area contributed by atoms with Crippen molar-refractivity contribution in [3.8, 4) is 0 Å². The van der Waals surface area contributed by atoms with E-state index >= 15 is 0 Å². The molecule has 1 fully saturated rings. The standard InChI is InChI=1S/C24H16FN3O4S2/c25-16-10-8-15(9-11-16)20(29)18-19(17-7-4-12-32-17)28(22(31)21(18)30)23-26-27-24(34-23)33-13-14-5-2-1-3-6-14/h1-12,19,29H,13H2. The second-order valence-electron chi connectivity index (χ2n) is 7.32. The van der Waals surface area contributed by atoms with Gasteiger partial charge in [-0.15, -0.1) is 10.2 Å². The Morgan fingerprint density at radius 3 is 2.53 bits per heavy atom. The molecule has 10 heteroatoms. The van der Waals surface area contributed by atoms with Crippen molar-refractivity contribution in [1.82, 2.24) is 10.2 Å². The maximum Gasteiger partial charge on any atom is 0.302 e. The van der Waals surface area contributed by atoms with Crippen LogP contribution in [0.2, 0.25) is 0 Å². The molecule has 1 amide bonds. The van der Waals surface area contributed by atoms with Crippen LogP contribution in [0.4, 0.5) is 9.52 Å². The van der Waals surface area contributed by atoms with Gasteiger partial charge in [-0.3, -0.25) is 14.5 Å². The number of aliphatic hydroxyl groups excluding tert-OH is 1. The third-order valence-corrected chi connectivity index (χ3v) is 7.31. The number of ketones is 1. The van der Waals surface area contributed by atoms with Crippen LogP contribution >= 0.6 is 23.1 Å². The number of hydrogen-bond acceptors (Lipinski definition) is 8. The molecule has 7 nitrogen and oxygen atoms in total. The first-order chi connectivity index (χ1) is 16.5. The Labute approximate surface area is 201 Å². The zero-order chi connectivity index (χ0) is 23.7. The Hall–Kier alpha value is -3.76. The van der Waals surface area contributed by atoms with E-state index in [1.807, 2.05) is 30.3 Å². The number of Topliss-reactive ketones (excluding diaryl/α,β-unsaturated/α-hetero) is 1. The van der Waals surface area contributed by atoms with Crippen LogP contribution in [-0.4, -0.2) is 27.0 Å². The minimum atomic E-state index is -1.04. The molecule has 2 aromatic heterocycles. The SMILES string of the molecule is O=C1C(=O)N(c2nnc(SCc3ccccc3)s2)C(c2ccco2)C1=C(O)c1ccc(F)cc1. The molecule has 0 radical (unpaired) electrons. The number of benzene rings is 2. The van der Waals surface area contributed by atoms with Crippen molar-refractivity contribution >= 4 is 45.7 Å². The quantitative estimate of drug-likeness (QED) is 0.130. The second-order valence-corrected chi connectivity index (χ2v) is 9.49. The number of carbonyl (C=O) groups is 2. The highest BCUT2D eigenvalue weighted by Crippen LogP contribution is 2.44. The lowest BCUT2D eigenvalue weighted by Gasteiger charge is -2.20. The van der Waals surface area contributed by atoms with E-state index in [1.165, 1.54) is 46.4 Å². The average molecular weight is 494 g/mol. The van der Waals surface area contributed by atoms with E-state index in [4.69, 9.17) is 4.42 Å². The summed E-state index contributed by atoms with van der Waals surface area (Å²) in [6.45, 7) is 0. The highest BCUT2D eigenvalue weighted by molar-refractivity contribution is 8.00. The molecule has 1 aliphatic rings. The van der Waals surface area contributed by atoms with Gasteiger partial charge in [0.1, 0.15) is 23.4 Å². The molecule has 1 N–H and O–H groups in total. The summed E-state index contributed by atoms with van der Waals surface area (Å²) in [5, 5.41) is 19.4. The third-order valence-electron chi connectivity index (χ3n) is 5.18. The number of hydrogen-bond donors (Lipinski definition) is 1. The lowest BCUT2D eigenvalue weighted by atomic mass is 9.99. The van der Waals surface area contributed by atoms with Crippen LogP contribution in [0.1, 0.15) is 22.9 Å². The highest BCUT2D eigenvalue weighted by Gasteiger charge is 2.49. The summed E-state index contributed by atoms with van der Waals surface area (Å²) in [4.78, 5) is 27.3. The minimum absolute atomic E-state index is 0.166. The maximum atomic E-state index is 13.4. The van der Waals surface area contributed by atoms with Crippen molar-refractivity contribution in [2.24, 2.45) is 0 Å². The Morgan fingerprint density at radius 1 is 1.06 bits per heavy atom. The van der Waals surface area contributed by atoms with E-state index in [0.717, 1.165) is 17.7 Å². The van der Waals surface area contributed by atoms with Crippen molar-refractivity contribution < 1.29 is 23.5 Å². The van der Waals surface area contributed by atoms with Gasteiger partial charge in [0.2, 0.25) is 5.13 Å². The number of carbonyl (C=O) groups excluding carboxylic acids is 2. The Kier molecular flexibility index (Phi) is 5.99. The molecule has 1 atom stereocenters. The smallest absolute Gasteiger partial charge is 0.302 e. The van der Waals surface area contributed by atoms with E-state index < -0.39 is 29.3 Å². The van der Waals surface area contributed by atoms with Gasteiger partial charge in [0.25, 0.3) is 5.78 Å². The van der Waals surface area contributed by atoms with Crippen LogP contribution in [-0.2, 0) is 15.3 Å². The van der Waals surface area contributed by atoms with Gasteiger partial charge < -0.3 is 9.52 Å². The van der Waals surface area contributed by atoms with E-state index in [9.17, 15) is 19.1 Å². The normalized spacial score (nSPS) is 17.4. The molecule has 3 heterocycles. The second kappa shape index (κ2) is 9.24. The summed E-state index contributed by atoms with van der Waals surface area (Å²) in [6.07, 6.45) is 1.41. The van der Waals surface area contributed by atoms with Crippen LogP contribution in [0, 0.1) is 5.82 Å². The number of nitrogens with zero attached hydrogens (tertiary/aromatic N) is 3. The lowest BCUT2D eigenvalue weighted by molar-refractivity contribution is -0.132. The average Bonchev–Trinajstić information content (AvgIpc) is 3.59. The van der Waals surface area contributed by atoms with E-state index in [-0.39, 0.29) is 22.0 Å². The zero-order valence-electron chi connectivity index (χ0n) is 17.4. The number of aliphatic hydroxyl groups is 1. The third kappa shape index (κ3) is 4.13. The van der Waals surface area contributed by atoms with Crippen molar-refractivity contribution in [3.05, 3.63) is 101 Å². The maximum absolute atomic E-state index is 13.4. The molecule has 4 aromatic rings. The summed E-state index contributed by atoms with van der Waals surface area (Å²) in [5.41, 5.74) is 1.15. The predicted octanol–water partition coefficient (Wildman–Crippen LogP) is 5.19. The molecular formula is C24H16FN3O4S2. The molecule has 34 heavy (non-hydrogen) atoms. The number of aromatic nitrogens is 2.